The lowest BCUT2D eigenvalue weighted by atomic mass is 9.83. The van der Waals surface area contributed by atoms with E-state index in [2.05, 4.69) is 34.2 Å². The summed E-state index contributed by atoms with van der Waals surface area (Å²) in [5, 5.41) is 7.98. The first-order valence-corrected chi connectivity index (χ1v) is 9.93. The quantitative estimate of drug-likeness (QED) is 0.404. The molecule has 0 aliphatic rings. The Hall–Kier alpha value is -3.60. The predicted molar refractivity (Wildman–Crippen MR) is 115 cm³/mol. The van der Waals surface area contributed by atoms with Crippen LogP contribution in [-0.2, 0) is 0 Å². The molecule has 0 fully saturated rings. The fourth-order valence-corrected chi connectivity index (χ4v) is 3.68. The van der Waals surface area contributed by atoms with E-state index in [1.807, 2.05) is 49.4 Å². The highest BCUT2D eigenvalue weighted by atomic mass is 16.4. The summed E-state index contributed by atoms with van der Waals surface area (Å²) in [6, 6.07) is 19.9. The van der Waals surface area contributed by atoms with Crippen molar-refractivity contribution in [1.82, 2.24) is 15.2 Å². The molecule has 4 aromatic rings. The van der Waals surface area contributed by atoms with E-state index in [1.54, 1.807) is 19.2 Å². The first-order valence-electron chi connectivity index (χ1n) is 9.93. The van der Waals surface area contributed by atoms with Gasteiger partial charge in [-0.2, -0.15) is 0 Å². The molecule has 1 atom stereocenters. The molecule has 2 heterocycles. The number of Topliss-reactive ketones (excluding diaryl/α,β-unsaturated/α-hetero) is 1. The number of aromatic nitrogens is 3. The topological polar surface area (TPSA) is 68.9 Å². The van der Waals surface area contributed by atoms with Crippen molar-refractivity contribution in [2.24, 2.45) is 0 Å². The van der Waals surface area contributed by atoms with Crippen LogP contribution < -0.4 is 0 Å². The molecule has 0 amide bonds. The maximum Gasteiger partial charge on any atom is 0.247 e. The van der Waals surface area contributed by atoms with Crippen LogP contribution in [0.5, 0.6) is 0 Å². The molecule has 0 saturated heterocycles. The monoisotopic (exact) mass is 397 g/mol. The summed E-state index contributed by atoms with van der Waals surface area (Å²) in [5.41, 5.74) is 5.78. The summed E-state index contributed by atoms with van der Waals surface area (Å²) in [6.45, 7) is 5.75. The molecule has 5 heteroatoms. The van der Waals surface area contributed by atoms with Crippen LogP contribution in [0.3, 0.4) is 0 Å². The number of carbonyl (C=O) groups excluding carboxylic acids is 1. The molecule has 30 heavy (non-hydrogen) atoms. The lowest BCUT2D eigenvalue weighted by Crippen LogP contribution is -2.11. The zero-order chi connectivity index (χ0) is 21.1. The molecule has 0 spiro atoms. The van der Waals surface area contributed by atoms with Gasteiger partial charge < -0.3 is 4.42 Å². The second-order valence-electron chi connectivity index (χ2n) is 7.47. The summed E-state index contributed by atoms with van der Waals surface area (Å²) in [6.07, 6.45) is 2.07. The molecule has 5 nitrogen and oxygen atoms in total. The molecule has 0 aliphatic heterocycles. The molecule has 2 aromatic carbocycles. The fraction of sp³-hybridized carbons (Fsp3) is 0.200. The zero-order valence-electron chi connectivity index (χ0n) is 17.3. The highest BCUT2D eigenvalue weighted by Gasteiger charge is 2.21. The summed E-state index contributed by atoms with van der Waals surface area (Å²) in [4.78, 5) is 17.3. The number of hydrogen-bond acceptors (Lipinski definition) is 5. The van der Waals surface area contributed by atoms with Crippen LogP contribution >= 0.6 is 0 Å². The molecule has 0 N–H and O–H groups in total. The van der Waals surface area contributed by atoms with Gasteiger partial charge in [0.2, 0.25) is 11.8 Å². The van der Waals surface area contributed by atoms with E-state index in [9.17, 15) is 4.79 Å². The van der Waals surface area contributed by atoms with Crippen molar-refractivity contribution in [3.63, 3.8) is 0 Å². The number of nitrogens with zero attached hydrogens (tertiary/aromatic N) is 3. The Morgan fingerprint density at radius 3 is 2.40 bits per heavy atom. The Morgan fingerprint density at radius 2 is 1.73 bits per heavy atom. The van der Waals surface area contributed by atoms with Crippen molar-refractivity contribution in [2.75, 3.05) is 0 Å². The number of ketones is 1. The second kappa shape index (κ2) is 8.41. The molecule has 4 rings (SSSR count). The number of benzene rings is 2. The largest absolute Gasteiger partial charge is 0.421 e. The first kappa shape index (κ1) is 19.7. The Balaban J connectivity index is 1.69. The number of rotatable bonds is 6. The van der Waals surface area contributed by atoms with Crippen molar-refractivity contribution in [3.8, 4) is 11.5 Å². The van der Waals surface area contributed by atoms with Crippen LogP contribution in [-0.4, -0.2) is 21.0 Å². The van der Waals surface area contributed by atoms with E-state index in [4.69, 9.17) is 4.42 Å². The van der Waals surface area contributed by atoms with E-state index >= 15 is 0 Å². The van der Waals surface area contributed by atoms with Gasteiger partial charge >= 0.3 is 0 Å². The second-order valence-corrected chi connectivity index (χ2v) is 7.47. The van der Waals surface area contributed by atoms with Gasteiger partial charge in [-0.25, -0.2) is 0 Å². The van der Waals surface area contributed by atoms with Crippen molar-refractivity contribution in [2.45, 2.75) is 33.1 Å². The van der Waals surface area contributed by atoms with Gasteiger partial charge in [0.1, 0.15) is 0 Å². The molecule has 0 aliphatic carbocycles. The minimum absolute atomic E-state index is 0.0503. The number of hydrogen-bond donors (Lipinski definition) is 0. The van der Waals surface area contributed by atoms with Gasteiger partial charge in [-0.05, 0) is 54.8 Å². The van der Waals surface area contributed by atoms with Crippen molar-refractivity contribution < 1.29 is 9.21 Å². The van der Waals surface area contributed by atoms with Crippen LogP contribution in [0, 0.1) is 20.8 Å². The average molecular weight is 397 g/mol. The van der Waals surface area contributed by atoms with E-state index in [-0.39, 0.29) is 11.7 Å². The third-order valence-corrected chi connectivity index (χ3v) is 5.26. The predicted octanol–water partition coefficient (Wildman–Crippen LogP) is 5.46. The van der Waals surface area contributed by atoms with Crippen LogP contribution in [0.2, 0.25) is 0 Å². The van der Waals surface area contributed by atoms with Gasteiger partial charge in [-0.15, -0.1) is 10.2 Å². The fourth-order valence-electron chi connectivity index (χ4n) is 3.68. The van der Waals surface area contributed by atoms with Gasteiger partial charge in [0.15, 0.2) is 5.78 Å². The number of carbonyl (C=O) groups is 1. The van der Waals surface area contributed by atoms with Crippen LogP contribution in [0.4, 0.5) is 0 Å². The third-order valence-electron chi connectivity index (χ3n) is 5.26. The average Bonchev–Trinajstić information content (AvgIpc) is 3.19. The smallest absolute Gasteiger partial charge is 0.247 e. The summed E-state index contributed by atoms with van der Waals surface area (Å²) >= 11 is 0. The van der Waals surface area contributed by atoms with Gasteiger partial charge in [-0.3, -0.25) is 9.78 Å². The zero-order valence-corrected chi connectivity index (χ0v) is 17.3. The summed E-state index contributed by atoms with van der Waals surface area (Å²) < 4.78 is 5.52. The lowest BCUT2D eigenvalue weighted by Gasteiger charge is -2.20. The van der Waals surface area contributed by atoms with Crippen LogP contribution in [0.15, 0.2) is 71.3 Å². The van der Waals surface area contributed by atoms with Gasteiger partial charge in [-0.1, -0.05) is 36.4 Å². The van der Waals surface area contributed by atoms with Crippen LogP contribution in [0.25, 0.3) is 11.5 Å². The van der Waals surface area contributed by atoms with Crippen molar-refractivity contribution in [1.29, 1.82) is 0 Å². The van der Waals surface area contributed by atoms with Crippen LogP contribution in [0.1, 0.15) is 51.0 Å². The highest BCUT2D eigenvalue weighted by Crippen LogP contribution is 2.33. The molecule has 2 aromatic heterocycles. The lowest BCUT2D eigenvalue weighted by molar-refractivity contribution is 0.0977. The van der Waals surface area contributed by atoms with Gasteiger partial charge in [0.05, 0.1) is 0 Å². The van der Waals surface area contributed by atoms with Crippen molar-refractivity contribution in [3.05, 3.63) is 101 Å². The van der Waals surface area contributed by atoms with E-state index in [0.29, 0.717) is 23.8 Å². The van der Waals surface area contributed by atoms with Gasteiger partial charge in [0.25, 0.3) is 0 Å². The van der Waals surface area contributed by atoms with E-state index in [0.717, 1.165) is 27.9 Å². The first-order chi connectivity index (χ1) is 14.5. The molecular formula is C25H23N3O2. The molecule has 0 saturated carbocycles. The normalized spacial score (nSPS) is 12.0. The molecule has 0 radical (unpaired) electrons. The Kier molecular flexibility index (Phi) is 5.53. The molecular weight excluding hydrogens is 374 g/mol. The third kappa shape index (κ3) is 4.20. The number of aryl methyl sites for hydroxylation is 3. The molecule has 0 bridgehead atoms. The summed E-state index contributed by atoms with van der Waals surface area (Å²) in [7, 11) is 0. The standard InChI is InChI=1S/C25H23N3O2/c1-16-6-4-5-7-22(16)23(15-24(29)21-12-13-26-17(2)14-21)19-8-10-20(11-9-19)25-28-27-18(3)30-25/h4-14,23H,15H2,1-3H3/t23-/m1/s1. The Morgan fingerprint density at radius 1 is 0.967 bits per heavy atom. The SMILES string of the molecule is Cc1cc(C(=O)C[C@H](c2ccc(-c3nnc(C)o3)cc2)c2ccccc2C)ccn1. The highest BCUT2D eigenvalue weighted by molar-refractivity contribution is 5.96. The minimum atomic E-state index is -0.0503. The van der Waals surface area contributed by atoms with E-state index in [1.165, 1.54) is 0 Å². The maximum absolute atomic E-state index is 13.1. The Bertz CT molecular complexity index is 1180. The maximum atomic E-state index is 13.1. The summed E-state index contributed by atoms with van der Waals surface area (Å²) in [5.74, 6) is 1.08. The molecule has 0 unspecified atom stereocenters. The number of pyridine rings is 1. The Labute approximate surface area is 175 Å². The van der Waals surface area contributed by atoms with Crippen molar-refractivity contribution >= 4 is 5.78 Å². The minimum Gasteiger partial charge on any atom is -0.421 e. The van der Waals surface area contributed by atoms with E-state index < -0.39 is 0 Å². The molecule has 150 valence electrons. The van der Waals surface area contributed by atoms with Gasteiger partial charge in [0, 0.05) is 42.3 Å².